The molecular formula is C23H27N7O. The quantitative estimate of drug-likeness (QED) is 0.650. The van der Waals surface area contributed by atoms with Crippen LogP contribution in [-0.4, -0.2) is 52.3 Å². The Kier molecular flexibility index (Phi) is 5.15. The summed E-state index contributed by atoms with van der Waals surface area (Å²) in [4.78, 5) is 23.4. The molecule has 2 aliphatic heterocycles. The summed E-state index contributed by atoms with van der Waals surface area (Å²) < 4.78 is 5.67. The molecule has 1 fully saturated rings. The minimum atomic E-state index is 0.273. The van der Waals surface area contributed by atoms with Crippen molar-refractivity contribution in [1.29, 1.82) is 0 Å². The number of aromatic nitrogens is 4. The van der Waals surface area contributed by atoms with E-state index in [0.717, 1.165) is 59.6 Å². The van der Waals surface area contributed by atoms with Gasteiger partial charge < -0.3 is 20.3 Å². The molecule has 0 aliphatic carbocycles. The van der Waals surface area contributed by atoms with Gasteiger partial charge in [0.05, 0.1) is 31.5 Å². The van der Waals surface area contributed by atoms with Gasteiger partial charge in [-0.15, -0.1) is 0 Å². The number of nitrogen functional groups attached to an aromatic ring is 1. The zero-order valence-electron chi connectivity index (χ0n) is 18.0. The van der Waals surface area contributed by atoms with Crippen molar-refractivity contribution < 1.29 is 4.74 Å². The Morgan fingerprint density at radius 2 is 1.94 bits per heavy atom. The Hall–Kier alpha value is -3.26. The van der Waals surface area contributed by atoms with Crippen molar-refractivity contribution in [3.63, 3.8) is 0 Å². The molecule has 2 aliphatic rings. The van der Waals surface area contributed by atoms with Crippen LogP contribution in [-0.2, 0) is 17.7 Å². The summed E-state index contributed by atoms with van der Waals surface area (Å²) >= 11 is 0. The smallest absolute Gasteiger partial charge is 0.161 e. The summed E-state index contributed by atoms with van der Waals surface area (Å²) in [6.45, 7) is 8.01. The summed E-state index contributed by atoms with van der Waals surface area (Å²) in [6.07, 6.45) is 2.50. The van der Waals surface area contributed by atoms with E-state index < -0.39 is 0 Å². The molecule has 8 nitrogen and oxygen atoms in total. The van der Waals surface area contributed by atoms with E-state index in [1.165, 1.54) is 5.56 Å². The molecule has 2 aromatic heterocycles. The third-order valence-electron chi connectivity index (χ3n) is 5.97. The van der Waals surface area contributed by atoms with Crippen LogP contribution in [0.25, 0.3) is 11.4 Å². The third-order valence-corrected chi connectivity index (χ3v) is 5.97. The lowest BCUT2D eigenvalue weighted by Crippen LogP contribution is -2.45. The molecule has 5 rings (SSSR count). The van der Waals surface area contributed by atoms with Crippen molar-refractivity contribution >= 4 is 17.3 Å². The molecule has 1 unspecified atom stereocenters. The minimum Gasteiger partial charge on any atom is -0.399 e. The second kappa shape index (κ2) is 8.11. The van der Waals surface area contributed by atoms with Crippen molar-refractivity contribution in [2.45, 2.75) is 32.9 Å². The summed E-state index contributed by atoms with van der Waals surface area (Å²) in [5.41, 5.74) is 10.8. The average Bonchev–Trinajstić information content (AvgIpc) is 2.79. The molecular weight excluding hydrogens is 390 g/mol. The van der Waals surface area contributed by atoms with Gasteiger partial charge in [-0.25, -0.2) is 19.9 Å². The Balaban J connectivity index is 1.58. The first-order chi connectivity index (χ1) is 15.1. The van der Waals surface area contributed by atoms with Crippen molar-refractivity contribution in [2.75, 3.05) is 41.8 Å². The van der Waals surface area contributed by atoms with E-state index >= 15 is 0 Å². The second-order valence-electron chi connectivity index (χ2n) is 8.22. The topological polar surface area (TPSA) is 93.3 Å². The van der Waals surface area contributed by atoms with Crippen molar-refractivity contribution in [3.8, 4) is 11.4 Å². The maximum atomic E-state index is 5.89. The number of anilines is 3. The Bertz CT molecular complexity index is 1090. The molecule has 0 spiro atoms. The van der Waals surface area contributed by atoms with E-state index in [2.05, 4.69) is 26.7 Å². The summed E-state index contributed by atoms with van der Waals surface area (Å²) in [5, 5.41) is 0. The number of hydrogen-bond donors (Lipinski definition) is 1. The van der Waals surface area contributed by atoms with Gasteiger partial charge >= 0.3 is 0 Å². The van der Waals surface area contributed by atoms with Crippen LogP contribution in [0.1, 0.15) is 23.9 Å². The Morgan fingerprint density at radius 1 is 1.10 bits per heavy atom. The van der Waals surface area contributed by atoms with Crippen LogP contribution in [0.4, 0.5) is 17.3 Å². The number of ether oxygens (including phenoxy) is 1. The van der Waals surface area contributed by atoms with Gasteiger partial charge in [0, 0.05) is 41.7 Å². The van der Waals surface area contributed by atoms with Gasteiger partial charge in [-0.2, -0.15) is 0 Å². The first-order valence-corrected chi connectivity index (χ1v) is 10.7. The highest BCUT2D eigenvalue weighted by molar-refractivity contribution is 5.64. The van der Waals surface area contributed by atoms with E-state index in [0.29, 0.717) is 19.8 Å². The summed E-state index contributed by atoms with van der Waals surface area (Å²) in [7, 11) is 0. The van der Waals surface area contributed by atoms with E-state index in [1.54, 1.807) is 6.33 Å². The van der Waals surface area contributed by atoms with Gasteiger partial charge in [0.2, 0.25) is 0 Å². The van der Waals surface area contributed by atoms with Crippen LogP contribution >= 0.6 is 0 Å². The van der Waals surface area contributed by atoms with Crippen molar-refractivity contribution in [1.82, 2.24) is 19.9 Å². The fourth-order valence-corrected chi connectivity index (χ4v) is 4.26. The highest BCUT2D eigenvalue weighted by atomic mass is 16.5. The molecule has 1 atom stereocenters. The largest absolute Gasteiger partial charge is 0.399 e. The lowest BCUT2D eigenvalue weighted by molar-refractivity contribution is 0.0984. The van der Waals surface area contributed by atoms with Gasteiger partial charge in [-0.05, 0) is 44.5 Å². The zero-order chi connectivity index (χ0) is 21.4. The molecule has 4 heterocycles. The molecule has 0 bridgehead atoms. The predicted molar refractivity (Wildman–Crippen MR) is 121 cm³/mol. The molecule has 2 N–H and O–H groups in total. The fourth-order valence-electron chi connectivity index (χ4n) is 4.26. The fraction of sp³-hybridized carbons (Fsp3) is 0.391. The lowest BCUT2D eigenvalue weighted by atomic mass is 10.0. The predicted octanol–water partition coefficient (Wildman–Crippen LogP) is 2.61. The SMILES string of the molecule is Cc1cc(N2CCc3c(nc(-c4ccc(N)cc4)nc3N3CCOCC3C)C2)ncn1. The molecule has 8 heteroatoms. The molecule has 31 heavy (non-hydrogen) atoms. The van der Waals surface area contributed by atoms with E-state index in [-0.39, 0.29) is 6.04 Å². The molecule has 160 valence electrons. The Labute approximate surface area is 182 Å². The lowest BCUT2D eigenvalue weighted by Gasteiger charge is -2.38. The number of nitrogens with two attached hydrogens (primary N) is 1. The highest BCUT2D eigenvalue weighted by Gasteiger charge is 2.29. The number of hydrogen-bond acceptors (Lipinski definition) is 8. The molecule has 0 amide bonds. The van der Waals surface area contributed by atoms with Crippen LogP contribution in [0.5, 0.6) is 0 Å². The van der Waals surface area contributed by atoms with Crippen LogP contribution < -0.4 is 15.5 Å². The summed E-state index contributed by atoms with van der Waals surface area (Å²) in [5.74, 6) is 2.70. The monoisotopic (exact) mass is 417 g/mol. The molecule has 0 saturated carbocycles. The van der Waals surface area contributed by atoms with Crippen LogP contribution in [0, 0.1) is 6.92 Å². The van der Waals surface area contributed by atoms with Crippen molar-refractivity contribution in [3.05, 3.63) is 53.6 Å². The van der Waals surface area contributed by atoms with E-state index in [9.17, 15) is 0 Å². The van der Waals surface area contributed by atoms with E-state index in [4.69, 9.17) is 20.4 Å². The maximum Gasteiger partial charge on any atom is 0.161 e. The number of rotatable bonds is 3. The Morgan fingerprint density at radius 3 is 2.71 bits per heavy atom. The third kappa shape index (κ3) is 3.90. The first kappa shape index (κ1) is 19.7. The molecule has 1 aromatic carbocycles. The van der Waals surface area contributed by atoms with Crippen LogP contribution in [0.15, 0.2) is 36.7 Å². The van der Waals surface area contributed by atoms with Gasteiger partial charge in [-0.3, -0.25) is 0 Å². The number of morpholine rings is 1. The van der Waals surface area contributed by atoms with E-state index in [1.807, 2.05) is 37.3 Å². The number of fused-ring (bicyclic) bond motifs is 1. The van der Waals surface area contributed by atoms with Crippen LogP contribution in [0.2, 0.25) is 0 Å². The standard InChI is InChI=1S/C23H27N7O/c1-15-11-21(26-14-25-15)29-8-7-19-20(12-29)27-22(17-3-5-18(24)6-4-17)28-23(19)30-9-10-31-13-16(30)2/h3-6,11,14,16H,7-10,12-13,24H2,1-2H3. The van der Waals surface area contributed by atoms with Gasteiger partial charge in [0.25, 0.3) is 0 Å². The maximum absolute atomic E-state index is 5.89. The van der Waals surface area contributed by atoms with Gasteiger partial charge in [0.1, 0.15) is 18.0 Å². The van der Waals surface area contributed by atoms with Gasteiger partial charge in [0.15, 0.2) is 5.82 Å². The molecule has 1 saturated heterocycles. The molecule has 0 radical (unpaired) electrons. The van der Waals surface area contributed by atoms with Crippen molar-refractivity contribution in [2.24, 2.45) is 0 Å². The first-order valence-electron chi connectivity index (χ1n) is 10.7. The zero-order valence-corrected chi connectivity index (χ0v) is 18.0. The minimum absolute atomic E-state index is 0.273. The van der Waals surface area contributed by atoms with Crippen LogP contribution in [0.3, 0.4) is 0 Å². The average molecular weight is 418 g/mol. The highest BCUT2D eigenvalue weighted by Crippen LogP contribution is 2.32. The van der Waals surface area contributed by atoms with Gasteiger partial charge in [-0.1, -0.05) is 0 Å². The number of benzene rings is 1. The summed E-state index contributed by atoms with van der Waals surface area (Å²) in [6, 6.07) is 10.1. The normalized spacial score (nSPS) is 18.7. The second-order valence-corrected chi connectivity index (χ2v) is 8.22. The molecule has 3 aromatic rings. The number of nitrogens with zero attached hydrogens (tertiary/aromatic N) is 6. The number of aryl methyl sites for hydroxylation is 1.